The van der Waals surface area contributed by atoms with Gasteiger partial charge in [-0.1, -0.05) is 24.3 Å². The maximum atomic E-state index is 11.1. The zero-order valence-electron chi connectivity index (χ0n) is 12.2. The average molecular weight is 322 g/mol. The van der Waals surface area contributed by atoms with Crippen molar-refractivity contribution in [3.63, 3.8) is 0 Å². The number of nitro groups is 2. The lowest BCUT2D eigenvalue weighted by Gasteiger charge is -2.05. The minimum atomic E-state index is -0.475. The van der Waals surface area contributed by atoms with Crippen molar-refractivity contribution < 1.29 is 9.85 Å². The summed E-state index contributed by atoms with van der Waals surface area (Å²) >= 11 is 0. The predicted octanol–water partition coefficient (Wildman–Crippen LogP) is 3.63. The molecule has 0 aliphatic heterocycles. The fourth-order valence-corrected chi connectivity index (χ4v) is 2.37. The van der Waals surface area contributed by atoms with Crippen molar-refractivity contribution in [1.29, 1.82) is 0 Å². The lowest BCUT2D eigenvalue weighted by Crippen LogP contribution is -1.94. The standard InChI is InChI=1S/C16H10N4O4/c21-19(22)15-5-7-17-9-13(15)11-1-2-12(4-3-11)14-10-18-8-6-16(14)20(23)24/h1-10H. The molecule has 0 atom stereocenters. The quantitative estimate of drug-likeness (QED) is 0.535. The van der Waals surface area contributed by atoms with Gasteiger partial charge in [0.2, 0.25) is 0 Å². The molecule has 8 heteroatoms. The second-order valence-electron chi connectivity index (χ2n) is 4.88. The first kappa shape index (κ1) is 15.2. The van der Waals surface area contributed by atoms with Crippen molar-refractivity contribution in [2.24, 2.45) is 0 Å². The Balaban J connectivity index is 2.04. The van der Waals surface area contributed by atoms with Crippen molar-refractivity contribution in [3.05, 3.63) is 81.4 Å². The van der Waals surface area contributed by atoms with Gasteiger partial charge in [0.15, 0.2) is 0 Å². The van der Waals surface area contributed by atoms with Gasteiger partial charge in [0.1, 0.15) is 0 Å². The lowest BCUT2D eigenvalue weighted by atomic mass is 10.0. The Bertz CT molecular complexity index is 849. The molecular weight excluding hydrogens is 312 g/mol. The summed E-state index contributed by atoms with van der Waals surface area (Å²) in [6.45, 7) is 0. The maximum absolute atomic E-state index is 11.1. The van der Waals surface area contributed by atoms with E-state index < -0.39 is 9.85 Å². The summed E-state index contributed by atoms with van der Waals surface area (Å²) in [5, 5.41) is 22.2. The summed E-state index contributed by atoms with van der Waals surface area (Å²) < 4.78 is 0. The molecule has 0 amide bonds. The second-order valence-corrected chi connectivity index (χ2v) is 4.88. The smallest absolute Gasteiger partial charge is 0.264 e. The first-order chi connectivity index (χ1) is 11.6. The van der Waals surface area contributed by atoms with E-state index in [0.29, 0.717) is 22.3 Å². The van der Waals surface area contributed by atoms with Crippen molar-refractivity contribution in [2.45, 2.75) is 0 Å². The third kappa shape index (κ3) is 2.80. The first-order valence-corrected chi connectivity index (χ1v) is 6.85. The van der Waals surface area contributed by atoms with E-state index in [9.17, 15) is 20.2 Å². The van der Waals surface area contributed by atoms with Gasteiger partial charge in [-0.25, -0.2) is 0 Å². The molecule has 3 rings (SSSR count). The number of benzene rings is 1. The van der Waals surface area contributed by atoms with E-state index in [1.807, 2.05) is 0 Å². The topological polar surface area (TPSA) is 112 Å². The van der Waals surface area contributed by atoms with E-state index in [0.717, 1.165) is 0 Å². The zero-order valence-corrected chi connectivity index (χ0v) is 12.2. The number of hydrogen-bond acceptors (Lipinski definition) is 6. The summed E-state index contributed by atoms with van der Waals surface area (Å²) in [5.41, 5.74) is 1.87. The largest absolute Gasteiger partial charge is 0.280 e. The minimum Gasteiger partial charge on any atom is -0.264 e. The number of pyridine rings is 2. The number of hydrogen-bond donors (Lipinski definition) is 0. The highest BCUT2D eigenvalue weighted by atomic mass is 16.6. The SMILES string of the molecule is O=[N+]([O-])c1ccncc1-c1ccc(-c2cnccc2[N+](=O)[O-])cc1. The van der Waals surface area contributed by atoms with E-state index in [-0.39, 0.29) is 11.4 Å². The van der Waals surface area contributed by atoms with E-state index in [4.69, 9.17) is 0 Å². The van der Waals surface area contributed by atoms with E-state index >= 15 is 0 Å². The third-order valence-electron chi connectivity index (χ3n) is 3.50. The summed E-state index contributed by atoms with van der Waals surface area (Å²) in [7, 11) is 0. The Hall–Kier alpha value is -3.68. The Kier molecular flexibility index (Phi) is 3.94. The second kappa shape index (κ2) is 6.21. The molecular formula is C16H10N4O4. The van der Waals surface area contributed by atoms with Gasteiger partial charge in [-0.3, -0.25) is 30.2 Å². The van der Waals surface area contributed by atoms with Crippen LogP contribution in [0.15, 0.2) is 61.2 Å². The van der Waals surface area contributed by atoms with Crippen LogP contribution >= 0.6 is 0 Å². The minimum absolute atomic E-state index is 0.0508. The molecule has 0 spiro atoms. The molecule has 1 aromatic carbocycles. The van der Waals surface area contributed by atoms with Gasteiger partial charge < -0.3 is 0 Å². The van der Waals surface area contributed by atoms with Gasteiger partial charge in [0, 0.05) is 36.9 Å². The highest BCUT2D eigenvalue weighted by molar-refractivity contribution is 5.77. The highest BCUT2D eigenvalue weighted by Gasteiger charge is 2.17. The van der Waals surface area contributed by atoms with Gasteiger partial charge in [0.05, 0.1) is 21.0 Å². The van der Waals surface area contributed by atoms with Crippen LogP contribution in [0.5, 0.6) is 0 Å². The molecule has 118 valence electrons. The van der Waals surface area contributed by atoms with Crippen LogP contribution in [0.4, 0.5) is 11.4 Å². The molecule has 0 fully saturated rings. The summed E-state index contributed by atoms with van der Waals surface area (Å²) in [6, 6.07) is 9.31. The van der Waals surface area contributed by atoms with E-state index in [2.05, 4.69) is 9.97 Å². The summed E-state index contributed by atoms with van der Waals surface area (Å²) in [6.07, 6.45) is 5.54. The molecule has 24 heavy (non-hydrogen) atoms. The monoisotopic (exact) mass is 322 g/mol. The number of rotatable bonds is 4. The van der Waals surface area contributed by atoms with Crippen LogP contribution in [0.25, 0.3) is 22.3 Å². The fourth-order valence-electron chi connectivity index (χ4n) is 2.37. The van der Waals surface area contributed by atoms with Gasteiger partial charge >= 0.3 is 0 Å². The molecule has 0 N–H and O–H groups in total. The molecule has 3 aromatic rings. The van der Waals surface area contributed by atoms with E-state index in [1.54, 1.807) is 24.3 Å². The van der Waals surface area contributed by atoms with Crippen molar-refractivity contribution >= 4 is 11.4 Å². The van der Waals surface area contributed by atoms with Crippen LogP contribution in [-0.4, -0.2) is 19.8 Å². The van der Waals surface area contributed by atoms with E-state index in [1.165, 1.54) is 36.9 Å². The molecule has 2 heterocycles. The lowest BCUT2D eigenvalue weighted by molar-refractivity contribution is -0.384. The number of nitrogens with zero attached hydrogens (tertiary/aromatic N) is 4. The fraction of sp³-hybridized carbons (Fsp3) is 0. The van der Waals surface area contributed by atoms with Crippen molar-refractivity contribution in [2.75, 3.05) is 0 Å². The molecule has 0 saturated heterocycles. The Morgan fingerprint density at radius 3 is 1.38 bits per heavy atom. The van der Waals surface area contributed by atoms with Crippen molar-refractivity contribution in [1.82, 2.24) is 9.97 Å². The summed E-state index contributed by atoms with van der Waals surface area (Å²) in [4.78, 5) is 29.1. The zero-order chi connectivity index (χ0) is 17.1. The molecule has 0 bridgehead atoms. The summed E-state index contributed by atoms with van der Waals surface area (Å²) in [5.74, 6) is 0. The highest BCUT2D eigenvalue weighted by Crippen LogP contribution is 2.33. The maximum Gasteiger partial charge on any atom is 0.280 e. The molecule has 0 aliphatic rings. The van der Waals surface area contributed by atoms with Gasteiger partial charge in [-0.15, -0.1) is 0 Å². The average Bonchev–Trinajstić information content (AvgIpc) is 2.62. The van der Waals surface area contributed by atoms with Crippen LogP contribution in [0.3, 0.4) is 0 Å². The predicted molar refractivity (Wildman–Crippen MR) is 86.2 cm³/mol. The molecule has 0 saturated carbocycles. The Labute approximate surface area is 135 Å². The van der Waals surface area contributed by atoms with Crippen LogP contribution in [0.2, 0.25) is 0 Å². The van der Waals surface area contributed by atoms with Gasteiger partial charge in [-0.2, -0.15) is 0 Å². The molecule has 0 unspecified atom stereocenters. The Morgan fingerprint density at radius 2 is 1.04 bits per heavy atom. The van der Waals surface area contributed by atoms with Crippen LogP contribution in [-0.2, 0) is 0 Å². The van der Waals surface area contributed by atoms with Gasteiger partial charge in [-0.05, 0) is 11.1 Å². The normalized spacial score (nSPS) is 10.3. The van der Waals surface area contributed by atoms with Crippen molar-refractivity contribution in [3.8, 4) is 22.3 Å². The van der Waals surface area contributed by atoms with Gasteiger partial charge in [0.25, 0.3) is 11.4 Å². The molecule has 0 aliphatic carbocycles. The van der Waals surface area contributed by atoms with Crippen LogP contribution < -0.4 is 0 Å². The van der Waals surface area contributed by atoms with Crippen LogP contribution in [0, 0.1) is 20.2 Å². The molecule has 8 nitrogen and oxygen atoms in total. The number of aromatic nitrogens is 2. The third-order valence-corrected chi connectivity index (χ3v) is 3.50. The first-order valence-electron chi connectivity index (χ1n) is 6.85. The van der Waals surface area contributed by atoms with Crippen LogP contribution in [0.1, 0.15) is 0 Å². The molecule has 0 radical (unpaired) electrons. The molecule has 2 aromatic heterocycles. The Morgan fingerprint density at radius 1 is 0.667 bits per heavy atom.